The standard InChI is InChI=1S/C61H47Si/c1-60(2)52-20-12-10-16-42(52)44-27-25-40(31-54(44)60)58-47-18-8-9-19-48(47)59(41-26-28-45-43-17-11-13-21-53(43)61(3,4)55(45)32-41)51-35-57-49(34-50(51)58)46-29-24-39(33-56(46)62(57)5)38-23-22-36-14-6-7-15-37(36)30-38/h6-33,35,49H,34H2,1-5H3. The van der Waals surface area contributed by atoms with Crippen LogP contribution in [0.3, 0.4) is 0 Å². The van der Waals surface area contributed by atoms with Gasteiger partial charge in [-0.1, -0.05) is 202 Å². The zero-order valence-electron chi connectivity index (χ0n) is 36.0. The number of benzene rings is 9. The summed E-state index contributed by atoms with van der Waals surface area (Å²) in [6.07, 6.45) is 3.69. The van der Waals surface area contributed by atoms with E-state index in [1.807, 2.05) is 0 Å². The molecule has 1 unspecified atom stereocenters. The maximum Gasteiger partial charge on any atom is 0.114 e. The average molecular weight is 808 g/mol. The van der Waals surface area contributed by atoms with Gasteiger partial charge >= 0.3 is 0 Å². The second-order valence-electron chi connectivity index (χ2n) is 19.4. The summed E-state index contributed by atoms with van der Waals surface area (Å²) in [5.74, 6) is 0.374. The molecule has 0 saturated heterocycles. The third kappa shape index (κ3) is 4.89. The Morgan fingerprint density at radius 2 is 0.968 bits per heavy atom. The Morgan fingerprint density at radius 1 is 0.452 bits per heavy atom. The summed E-state index contributed by atoms with van der Waals surface area (Å²) < 4.78 is 0. The van der Waals surface area contributed by atoms with Crippen molar-refractivity contribution in [3.05, 3.63) is 214 Å². The fraction of sp³-hybridized carbons (Fsp3) is 0.148. The van der Waals surface area contributed by atoms with E-state index < -0.39 is 8.80 Å². The third-order valence-corrected chi connectivity index (χ3v) is 18.1. The van der Waals surface area contributed by atoms with Crippen molar-refractivity contribution in [2.45, 2.75) is 57.4 Å². The molecule has 62 heavy (non-hydrogen) atoms. The molecule has 13 rings (SSSR count). The zero-order valence-corrected chi connectivity index (χ0v) is 37.0. The number of allylic oxidation sites excluding steroid dienone is 1. The molecule has 1 heteroatoms. The first-order valence-electron chi connectivity index (χ1n) is 22.4. The molecule has 1 aliphatic heterocycles. The van der Waals surface area contributed by atoms with Gasteiger partial charge < -0.3 is 0 Å². The van der Waals surface area contributed by atoms with Crippen LogP contribution in [0.2, 0.25) is 6.55 Å². The largest absolute Gasteiger partial charge is 0.114 e. The predicted molar refractivity (Wildman–Crippen MR) is 265 cm³/mol. The highest BCUT2D eigenvalue weighted by Gasteiger charge is 2.41. The van der Waals surface area contributed by atoms with Gasteiger partial charge in [0.15, 0.2) is 0 Å². The van der Waals surface area contributed by atoms with Crippen LogP contribution in [-0.4, -0.2) is 8.80 Å². The molecule has 0 amide bonds. The van der Waals surface area contributed by atoms with Crippen LogP contribution in [0.15, 0.2) is 175 Å². The van der Waals surface area contributed by atoms with E-state index in [1.54, 1.807) is 10.4 Å². The van der Waals surface area contributed by atoms with Gasteiger partial charge in [0, 0.05) is 16.7 Å². The van der Waals surface area contributed by atoms with Crippen molar-refractivity contribution < 1.29 is 0 Å². The fourth-order valence-electron chi connectivity index (χ4n) is 12.4. The highest BCUT2D eigenvalue weighted by molar-refractivity contribution is 6.81. The van der Waals surface area contributed by atoms with Crippen molar-refractivity contribution in [3.63, 3.8) is 0 Å². The van der Waals surface area contributed by atoms with Gasteiger partial charge in [-0.25, -0.2) is 0 Å². The Kier molecular flexibility index (Phi) is 7.44. The normalized spacial score (nSPS) is 17.2. The molecule has 1 atom stereocenters. The molecule has 9 aromatic carbocycles. The summed E-state index contributed by atoms with van der Waals surface area (Å²) >= 11 is 0. The Bertz CT molecular complexity index is 3460. The van der Waals surface area contributed by atoms with Gasteiger partial charge in [0.1, 0.15) is 8.80 Å². The van der Waals surface area contributed by atoms with Crippen LogP contribution >= 0.6 is 0 Å². The smallest absolute Gasteiger partial charge is 0.0691 e. The Balaban J connectivity index is 1.04. The molecule has 0 fully saturated rings. The van der Waals surface area contributed by atoms with Crippen LogP contribution in [0.25, 0.3) is 83.3 Å². The lowest BCUT2D eigenvalue weighted by Crippen LogP contribution is -2.25. The van der Waals surface area contributed by atoms with Gasteiger partial charge in [-0.2, -0.15) is 0 Å². The van der Waals surface area contributed by atoms with E-state index >= 15 is 0 Å². The fourth-order valence-corrected chi connectivity index (χ4v) is 14.9. The maximum absolute atomic E-state index is 2.69. The van der Waals surface area contributed by atoms with Gasteiger partial charge in [0.25, 0.3) is 0 Å². The average Bonchev–Trinajstić information content (AvgIpc) is 3.81. The summed E-state index contributed by atoms with van der Waals surface area (Å²) in [6.45, 7) is 12.2. The highest BCUT2D eigenvalue weighted by Crippen LogP contribution is 2.55. The van der Waals surface area contributed by atoms with Crippen LogP contribution in [0.4, 0.5) is 0 Å². The Morgan fingerprint density at radius 3 is 1.65 bits per heavy atom. The van der Waals surface area contributed by atoms with E-state index in [1.165, 1.54) is 116 Å². The zero-order chi connectivity index (χ0) is 41.6. The first kappa shape index (κ1) is 36.1. The molecule has 0 N–H and O–H groups in total. The van der Waals surface area contributed by atoms with Crippen molar-refractivity contribution in [1.29, 1.82) is 0 Å². The molecule has 0 saturated carbocycles. The molecule has 0 aromatic heterocycles. The second kappa shape index (κ2) is 12.8. The molecule has 1 radical (unpaired) electrons. The van der Waals surface area contributed by atoms with Crippen LogP contribution in [0, 0.1) is 0 Å². The number of hydrogen-bond acceptors (Lipinski definition) is 0. The van der Waals surface area contributed by atoms with E-state index in [0.717, 1.165) is 6.42 Å². The van der Waals surface area contributed by atoms with Gasteiger partial charge in [-0.05, 0) is 141 Å². The monoisotopic (exact) mass is 807 g/mol. The van der Waals surface area contributed by atoms with Gasteiger partial charge in [0.05, 0.1) is 0 Å². The Labute approximate surface area is 366 Å². The number of hydrogen-bond donors (Lipinski definition) is 0. The summed E-state index contributed by atoms with van der Waals surface area (Å²) in [5, 5.41) is 8.50. The first-order valence-corrected chi connectivity index (χ1v) is 24.4. The van der Waals surface area contributed by atoms with E-state index in [0.29, 0.717) is 5.92 Å². The molecular formula is C61H47Si. The number of fused-ring (bicyclic) bond motifs is 12. The van der Waals surface area contributed by atoms with Gasteiger partial charge in [-0.15, -0.1) is 0 Å². The topological polar surface area (TPSA) is 0 Å². The summed E-state index contributed by atoms with van der Waals surface area (Å²) in [4.78, 5) is 0. The lowest BCUT2D eigenvalue weighted by atomic mass is 9.74. The van der Waals surface area contributed by atoms with Crippen molar-refractivity contribution in [3.8, 4) is 55.6 Å². The molecule has 0 nitrogen and oxygen atoms in total. The van der Waals surface area contributed by atoms with Crippen LogP contribution in [0.1, 0.15) is 72.6 Å². The second-order valence-corrected chi connectivity index (χ2v) is 21.8. The minimum absolute atomic E-state index is 0.0771. The lowest BCUT2D eigenvalue weighted by Gasteiger charge is -2.30. The lowest BCUT2D eigenvalue weighted by molar-refractivity contribution is 0.660. The van der Waals surface area contributed by atoms with Gasteiger partial charge in [-0.3, -0.25) is 0 Å². The molecule has 295 valence electrons. The van der Waals surface area contributed by atoms with Crippen molar-refractivity contribution in [2.75, 3.05) is 0 Å². The first-order chi connectivity index (χ1) is 30.2. The quantitative estimate of drug-likeness (QED) is 0.156. The molecule has 1 heterocycles. The summed E-state index contributed by atoms with van der Waals surface area (Å²) in [6, 6.07) is 65.3. The summed E-state index contributed by atoms with van der Waals surface area (Å²) in [7, 11) is -1.01. The van der Waals surface area contributed by atoms with Crippen LogP contribution in [-0.2, 0) is 17.3 Å². The predicted octanol–water partition coefficient (Wildman–Crippen LogP) is 15.2. The highest BCUT2D eigenvalue weighted by atomic mass is 28.3. The van der Waals surface area contributed by atoms with E-state index in [2.05, 4.69) is 210 Å². The van der Waals surface area contributed by atoms with Crippen molar-refractivity contribution in [1.82, 2.24) is 0 Å². The summed E-state index contributed by atoms with van der Waals surface area (Å²) in [5.41, 5.74) is 23.6. The molecule has 4 aliphatic rings. The molecular weight excluding hydrogens is 761 g/mol. The molecule has 0 bridgehead atoms. The minimum Gasteiger partial charge on any atom is -0.0691 e. The van der Waals surface area contributed by atoms with Crippen LogP contribution < -0.4 is 5.19 Å². The van der Waals surface area contributed by atoms with E-state index in [-0.39, 0.29) is 10.8 Å². The van der Waals surface area contributed by atoms with Crippen molar-refractivity contribution in [2.24, 2.45) is 0 Å². The number of rotatable bonds is 3. The minimum atomic E-state index is -1.01. The molecule has 9 aromatic rings. The SMILES string of the molecule is C[Si]1C2=Cc3c(c(-c4ccc5c(c4)C(C)(C)c4ccccc4-5)c4ccccc4c3-c3ccc4c(c3)C(C)(C)c3ccccc3-4)CC2c2ccc(-c3ccc4ccccc4c3)cc21. The van der Waals surface area contributed by atoms with Crippen LogP contribution in [0.5, 0.6) is 0 Å². The Hall–Kier alpha value is -6.54. The maximum atomic E-state index is 2.69. The third-order valence-electron chi connectivity index (χ3n) is 15.5. The molecule has 0 spiro atoms. The van der Waals surface area contributed by atoms with Gasteiger partial charge in [0.2, 0.25) is 0 Å². The van der Waals surface area contributed by atoms with E-state index in [9.17, 15) is 0 Å². The van der Waals surface area contributed by atoms with Crippen molar-refractivity contribution >= 4 is 41.6 Å². The molecule has 3 aliphatic carbocycles. The van der Waals surface area contributed by atoms with E-state index in [4.69, 9.17) is 0 Å².